The van der Waals surface area contributed by atoms with Crippen molar-refractivity contribution >= 4 is 16.0 Å². The molecule has 0 fully saturated rings. The van der Waals surface area contributed by atoms with E-state index in [1.165, 1.54) is 7.11 Å². The van der Waals surface area contributed by atoms with E-state index in [2.05, 4.69) is 4.72 Å². The summed E-state index contributed by atoms with van der Waals surface area (Å²) in [7, 11) is -2.12. The first-order valence-corrected chi connectivity index (χ1v) is 13.5. The Kier molecular flexibility index (Phi) is 15.6. The normalized spacial score (nSPS) is 13.4. The van der Waals surface area contributed by atoms with Crippen LogP contribution in [0.25, 0.3) is 0 Å². The molecule has 0 heterocycles. The van der Waals surface area contributed by atoms with Crippen molar-refractivity contribution < 1.29 is 27.8 Å². The molecular formula is C25H55NO6S. The van der Waals surface area contributed by atoms with E-state index in [0.717, 1.165) is 0 Å². The van der Waals surface area contributed by atoms with Gasteiger partial charge in [-0.15, -0.1) is 0 Å². The number of methoxy groups -OCH3 is 1. The molecule has 202 valence electrons. The minimum Gasteiger partial charge on any atom is -0.481 e. The van der Waals surface area contributed by atoms with Crippen molar-refractivity contribution in [1.29, 1.82) is 0 Å². The Morgan fingerprint density at radius 3 is 1.67 bits per heavy atom. The average molecular weight is 498 g/mol. The first kappa shape index (κ1) is 36.9. The van der Waals surface area contributed by atoms with Crippen LogP contribution in [0.15, 0.2) is 0 Å². The fourth-order valence-corrected chi connectivity index (χ4v) is 4.57. The SMILES string of the molecule is CC.CC.COCC(C)(C)S(=O)(=O)NC(C)(C)CCOC(C)(C)CC(C)(C)C(C)(C)C(=O)O. The number of nitrogens with one attached hydrogen (secondary N) is 1. The fourth-order valence-electron chi connectivity index (χ4n) is 3.19. The quantitative estimate of drug-likeness (QED) is 0.330. The van der Waals surface area contributed by atoms with Crippen molar-refractivity contribution in [3.8, 4) is 0 Å². The van der Waals surface area contributed by atoms with Crippen molar-refractivity contribution in [1.82, 2.24) is 4.72 Å². The summed E-state index contributed by atoms with van der Waals surface area (Å²) in [5, 5.41) is 9.55. The number of carbonyl (C=O) groups is 1. The fraction of sp³-hybridized carbons (Fsp3) is 0.960. The van der Waals surface area contributed by atoms with Gasteiger partial charge in [-0.05, 0) is 73.6 Å². The summed E-state index contributed by atoms with van der Waals surface area (Å²) in [6, 6.07) is 0. The molecule has 0 spiro atoms. The molecule has 8 heteroatoms. The van der Waals surface area contributed by atoms with Gasteiger partial charge >= 0.3 is 5.97 Å². The van der Waals surface area contributed by atoms with Gasteiger partial charge in [0.1, 0.15) is 4.75 Å². The van der Waals surface area contributed by atoms with Crippen molar-refractivity contribution in [3.63, 3.8) is 0 Å². The third kappa shape index (κ3) is 12.0. The Morgan fingerprint density at radius 1 is 0.879 bits per heavy atom. The molecule has 0 rings (SSSR count). The van der Waals surface area contributed by atoms with Crippen LogP contribution in [0, 0.1) is 10.8 Å². The summed E-state index contributed by atoms with van der Waals surface area (Å²) in [4.78, 5) is 11.6. The highest BCUT2D eigenvalue weighted by molar-refractivity contribution is 7.90. The van der Waals surface area contributed by atoms with Gasteiger partial charge in [0.25, 0.3) is 0 Å². The third-order valence-electron chi connectivity index (χ3n) is 5.94. The Labute approximate surface area is 205 Å². The molecule has 0 bridgehead atoms. The van der Waals surface area contributed by atoms with Crippen LogP contribution in [0.3, 0.4) is 0 Å². The summed E-state index contributed by atoms with van der Waals surface area (Å²) in [6.45, 7) is 26.5. The molecule has 0 amide bonds. The summed E-state index contributed by atoms with van der Waals surface area (Å²) in [5.74, 6) is -0.840. The van der Waals surface area contributed by atoms with Gasteiger partial charge in [0, 0.05) is 19.3 Å². The lowest BCUT2D eigenvalue weighted by Gasteiger charge is -2.43. The second-order valence-corrected chi connectivity index (χ2v) is 13.3. The number of aliphatic carboxylic acids is 1. The Hall–Kier alpha value is -0.700. The number of sulfonamides is 1. The van der Waals surface area contributed by atoms with Gasteiger partial charge in [0.2, 0.25) is 10.0 Å². The van der Waals surface area contributed by atoms with E-state index in [-0.39, 0.29) is 6.61 Å². The predicted octanol–water partition coefficient (Wildman–Crippen LogP) is 5.87. The lowest BCUT2D eigenvalue weighted by Crippen LogP contribution is -2.53. The first-order valence-electron chi connectivity index (χ1n) is 12.0. The average Bonchev–Trinajstić information content (AvgIpc) is 2.62. The Morgan fingerprint density at radius 2 is 1.30 bits per heavy atom. The monoisotopic (exact) mass is 497 g/mol. The van der Waals surface area contributed by atoms with Crippen molar-refractivity contribution in [2.75, 3.05) is 20.3 Å². The molecule has 0 unspecified atom stereocenters. The highest BCUT2D eigenvalue weighted by atomic mass is 32.2. The van der Waals surface area contributed by atoms with Crippen LogP contribution in [0.5, 0.6) is 0 Å². The van der Waals surface area contributed by atoms with Crippen LogP contribution in [-0.2, 0) is 24.3 Å². The van der Waals surface area contributed by atoms with Gasteiger partial charge in [-0.3, -0.25) is 4.79 Å². The smallest absolute Gasteiger partial charge is 0.309 e. The zero-order valence-corrected chi connectivity index (χ0v) is 25.0. The molecule has 0 aromatic carbocycles. The zero-order chi connectivity index (χ0) is 27.5. The topological polar surface area (TPSA) is 102 Å². The number of carboxylic acid groups (broad SMARTS) is 1. The molecule has 7 nitrogen and oxygen atoms in total. The summed E-state index contributed by atoms with van der Waals surface area (Å²) >= 11 is 0. The molecule has 0 aliphatic rings. The molecule has 0 saturated carbocycles. The van der Waals surface area contributed by atoms with Crippen LogP contribution >= 0.6 is 0 Å². The minimum absolute atomic E-state index is 0.0936. The molecule has 33 heavy (non-hydrogen) atoms. The molecule has 2 N–H and O–H groups in total. The number of hydrogen-bond acceptors (Lipinski definition) is 5. The predicted molar refractivity (Wildman–Crippen MR) is 139 cm³/mol. The van der Waals surface area contributed by atoms with E-state index in [9.17, 15) is 18.3 Å². The number of rotatable bonds is 13. The minimum atomic E-state index is -3.60. The van der Waals surface area contributed by atoms with E-state index >= 15 is 0 Å². The maximum Gasteiger partial charge on any atom is 0.309 e. The van der Waals surface area contributed by atoms with Gasteiger partial charge in [-0.1, -0.05) is 41.5 Å². The Balaban J connectivity index is -0.00000212. The number of ether oxygens (including phenoxy) is 2. The largest absolute Gasteiger partial charge is 0.481 e. The highest BCUT2D eigenvalue weighted by Crippen LogP contribution is 2.45. The molecule has 0 aliphatic carbocycles. The van der Waals surface area contributed by atoms with Crippen LogP contribution in [0.1, 0.15) is 110 Å². The number of hydrogen-bond donors (Lipinski definition) is 2. The first-order chi connectivity index (χ1) is 14.6. The van der Waals surface area contributed by atoms with Gasteiger partial charge in [0.05, 0.1) is 17.6 Å². The lowest BCUT2D eigenvalue weighted by atomic mass is 9.63. The number of carboxylic acids is 1. The van der Waals surface area contributed by atoms with Crippen LogP contribution in [0.2, 0.25) is 0 Å². The maximum absolute atomic E-state index is 12.7. The lowest BCUT2D eigenvalue weighted by molar-refractivity contribution is -0.157. The van der Waals surface area contributed by atoms with Gasteiger partial charge in [-0.25, -0.2) is 13.1 Å². The molecule has 0 radical (unpaired) electrons. The van der Waals surface area contributed by atoms with E-state index in [1.54, 1.807) is 27.7 Å². The van der Waals surface area contributed by atoms with Gasteiger partial charge in [-0.2, -0.15) is 0 Å². The zero-order valence-electron chi connectivity index (χ0n) is 24.2. The molecule has 0 aromatic heterocycles. The second kappa shape index (κ2) is 14.0. The van der Waals surface area contributed by atoms with E-state index in [4.69, 9.17) is 9.47 Å². The van der Waals surface area contributed by atoms with Crippen LogP contribution < -0.4 is 4.72 Å². The van der Waals surface area contributed by atoms with Crippen LogP contribution in [-0.4, -0.2) is 55.7 Å². The maximum atomic E-state index is 12.7. The standard InChI is InChI=1S/C21H43NO6S.2C2H6/c1-17(2,21(9,10)16(23)24)14-19(5,6)28-13-12-18(3,4)22-29(25,26)20(7,8)15-27-11;2*1-2/h22H,12-15H2,1-11H3,(H,23,24);2*1-2H3. The summed E-state index contributed by atoms with van der Waals surface area (Å²) < 4.78 is 38.2. The second-order valence-electron chi connectivity index (χ2n) is 11.0. The molecule has 0 atom stereocenters. The van der Waals surface area contributed by atoms with E-state index in [0.29, 0.717) is 19.4 Å². The summed E-state index contributed by atoms with van der Waals surface area (Å²) in [6.07, 6.45) is 1.02. The Bertz CT molecular complexity index is 664. The van der Waals surface area contributed by atoms with E-state index < -0.39 is 42.7 Å². The van der Waals surface area contributed by atoms with Gasteiger partial charge in [0.15, 0.2) is 0 Å². The molecule has 0 saturated heterocycles. The third-order valence-corrected chi connectivity index (χ3v) is 8.34. The summed E-state index contributed by atoms with van der Waals surface area (Å²) in [5.41, 5.74) is -2.66. The van der Waals surface area contributed by atoms with Gasteiger partial charge < -0.3 is 14.6 Å². The van der Waals surface area contributed by atoms with Crippen LogP contribution in [0.4, 0.5) is 0 Å². The molecule has 0 aliphatic heterocycles. The molecular weight excluding hydrogens is 442 g/mol. The van der Waals surface area contributed by atoms with Crippen molar-refractivity contribution in [2.24, 2.45) is 10.8 Å². The van der Waals surface area contributed by atoms with Crippen molar-refractivity contribution in [2.45, 2.75) is 126 Å². The van der Waals surface area contributed by atoms with E-state index in [1.807, 2.05) is 69.2 Å². The highest BCUT2D eigenvalue weighted by Gasteiger charge is 2.46. The molecule has 0 aromatic rings. The van der Waals surface area contributed by atoms with Crippen molar-refractivity contribution in [3.05, 3.63) is 0 Å².